The summed E-state index contributed by atoms with van der Waals surface area (Å²) in [6.07, 6.45) is 0.802. The summed E-state index contributed by atoms with van der Waals surface area (Å²) in [7, 11) is 0. The quantitative estimate of drug-likeness (QED) is 0.791. The first-order valence-electron chi connectivity index (χ1n) is 7.30. The van der Waals surface area contributed by atoms with Gasteiger partial charge < -0.3 is 15.2 Å². The Bertz CT molecular complexity index is 477. The lowest BCUT2D eigenvalue weighted by Gasteiger charge is -2.26. The van der Waals surface area contributed by atoms with E-state index in [0.29, 0.717) is 19.4 Å². The molecule has 4 nitrogen and oxygen atoms in total. The highest BCUT2D eigenvalue weighted by Crippen LogP contribution is 2.24. The van der Waals surface area contributed by atoms with Crippen molar-refractivity contribution in [1.29, 1.82) is 0 Å². The van der Waals surface area contributed by atoms with Gasteiger partial charge in [0.05, 0.1) is 6.10 Å². The first-order chi connectivity index (χ1) is 9.99. The number of aliphatic hydroxyl groups is 1. The summed E-state index contributed by atoms with van der Waals surface area (Å²) >= 11 is 1.67. The van der Waals surface area contributed by atoms with Crippen LogP contribution >= 0.6 is 11.8 Å². The second-order valence-corrected chi connectivity index (χ2v) is 6.72. The van der Waals surface area contributed by atoms with Crippen LogP contribution in [-0.2, 0) is 9.53 Å². The minimum Gasteiger partial charge on any atom is -0.385 e. The third-order valence-corrected chi connectivity index (χ3v) is 4.88. The molecule has 21 heavy (non-hydrogen) atoms. The maximum absolute atomic E-state index is 11.8. The monoisotopic (exact) mass is 309 g/mol. The summed E-state index contributed by atoms with van der Waals surface area (Å²) in [4.78, 5) is 13.0. The SMILES string of the molecule is Cc1ccc(SCCC(=O)NCC2(O)CCOC2C)cc1. The van der Waals surface area contributed by atoms with Gasteiger partial charge in [-0.2, -0.15) is 0 Å². The number of hydrogen-bond acceptors (Lipinski definition) is 4. The van der Waals surface area contributed by atoms with Crippen LogP contribution in [0.1, 0.15) is 25.3 Å². The van der Waals surface area contributed by atoms with Gasteiger partial charge in [0.25, 0.3) is 0 Å². The third-order valence-electron chi connectivity index (χ3n) is 3.87. The number of carbonyl (C=O) groups is 1. The van der Waals surface area contributed by atoms with Gasteiger partial charge in [0.1, 0.15) is 5.60 Å². The van der Waals surface area contributed by atoms with Crippen LogP contribution < -0.4 is 5.32 Å². The van der Waals surface area contributed by atoms with Crippen molar-refractivity contribution >= 4 is 17.7 Å². The molecule has 1 amide bonds. The summed E-state index contributed by atoms with van der Waals surface area (Å²) in [6.45, 7) is 4.71. The molecular formula is C16H23NO3S. The van der Waals surface area contributed by atoms with Gasteiger partial charge >= 0.3 is 0 Å². The summed E-state index contributed by atoms with van der Waals surface area (Å²) in [5.41, 5.74) is 0.318. The Hall–Kier alpha value is -1.04. The molecule has 1 fully saturated rings. The largest absolute Gasteiger partial charge is 0.385 e. The number of hydrogen-bond donors (Lipinski definition) is 2. The van der Waals surface area contributed by atoms with Crippen molar-refractivity contribution < 1.29 is 14.6 Å². The second kappa shape index (κ2) is 7.29. The third kappa shape index (κ3) is 4.73. The van der Waals surface area contributed by atoms with Gasteiger partial charge in [-0.3, -0.25) is 4.79 Å². The van der Waals surface area contributed by atoms with E-state index in [-0.39, 0.29) is 18.6 Å². The number of amides is 1. The molecule has 1 aromatic carbocycles. The molecule has 1 saturated heterocycles. The predicted octanol–water partition coefficient (Wildman–Crippen LogP) is 2.13. The summed E-state index contributed by atoms with van der Waals surface area (Å²) in [6, 6.07) is 8.27. The lowest BCUT2D eigenvalue weighted by Crippen LogP contribution is -2.47. The fourth-order valence-corrected chi connectivity index (χ4v) is 3.09. The highest BCUT2D eigenvalue weighted by Gasteiger charge is 2.39. The van der Waals surface area contributed by atoms with E-state index < -0.39 is 5.60 Å². The number of ether oxygens (including phenoxy) is 1. The van der Waals surface area contributed by atoms with Crippen LogP contribution in [0.2, 0.25) is 0 Å². The van der Waals surface area contributed by atoms with E-state index in [9.17, 15) is 9.90 Å². The molecule has 2 rings (SSSR count). The van der Waals surface area contributed by atoms with Gasteiger partial charge in [-0.15, -0.1) is 11.8 Å². The van der Waals surface area contributed by atoms with Crippen molar-refractivity contribution in [2.75, 3.05) is 18.9 Å². The molecule has 5 heteroatoms. The zero-order chi connectivity index (χ0) is 15.3. The van der Waals surface area contributed by atoms with Crippen molar-refractivity contribution in [3.8, 4) is 0 Å². The Kier molecular flexibility index (Phi) is 5.67. The van der Waals surface area contributed by atoms with Gasteiger partial charge in [-0.05, 0) is 26.0 Å². The fraction of sp³-hybridized carbons (Fsp3) is 0.562. The number of thioether (sulfide) groups is 1. The smallest absolute Gasteiger partial charge is 0.220 e. The molecule has 0 bridgehead atoms. The summed E-state index contributed by atoms with van der Waals surface area (Å²) < 4.78 is 5.34. The number of nitrogens with one attached hydrogen (secondary N) is 1. The molecule has 0 spiro atoms. The predicted molar refractivity (Wildman–Crippen MR) is 84.5 cm³/mol. The Labute approximate surface area is 130 Å². The maximum Gasteiger partial charge on any atom is 0.220 e. The van der Waals surface area contributed by atoms with Crippen molar-refractivity contribution in [1.82, 2.24) is 5.32 Å². The molecule has 0 aromatic heterocycles. The van der Waals surface area contributed by atoms with Crippen molar-refractivity contribution in [3.63, 3.8) is 0 Å². The number of benzene rings is 1. The molecule has 116 valence electrons. The van der Waals surface area contributed by atoms with Gasteiger partial charge in [0, 0.05) is 36.6 Å². The van der Waals surface area contributed by atoms with Crippen molar-refractivity contribution in [2.45, 2.75) is 43.3 Å². The molecule has 0 saturated carbocycles. The van der Waals surface area contributed by atoms with Crippen molar-refractivity contribution in [3.05, 3.63) is 29.8 Å². The highest BCUT2D eigenvalue weighted by atomic mass is 32.2. The van der Waals surface area contributed by atoms with E-state index in [2.05, 4.69) is 36.5 Å². The average molecular weight is 309 g/mol. The molecule has 1 aromatic rings. The normalized spacial score (nSPS) is 25.0. The van der Waals surface area contributed by atoms with E-state index >= 15 is 0 Å². The first kappa shape index (κ1) is 16.3. The van der Waals surface area contributed by atoms with Gasteiger partial charge in [-0.1, -0.05) is 17.7 Å². The van der Waals surface area contributed by atoms with Crippen LogP contribution in [0.4, 0.5) is 0 Å². The zero-order valence-corrected chi connectivity index (χ0v) is 13.4. The average Bonchev–Trinajstić information content (AvgIpc) is 2.79. The number of carbonyl (C=O) groups excluding carboxylic acids is 1. The Balaban J connectivity index is 1.67. The Morgan fingerprint density at radius 3 is 2.81 bits per heavy atom. The lowest BCUT2D eigenvalue weighted by atomic mass is 9.97. The van der Waals surface area contributed by atoms with E-state index in [0.717, 1.165) is 5.75 Å². The summed E-state index contributed by atoms with van der Waals surface area (Å²) in [5, 5.41) is 13.1. The summed E-state index contributed by atoms with van der Waals surface area (Å²) in [5.74, 6) is 0.710. The minimum absolute atomic E-state index is 0.0258. The Morgan fingerprint density at radius 1 is 1.48 bits per heavy atom. The zero-order valence-electron chi connectivity index (χ0n) is 12.6. The molecular weight excluding hydrogens is 286 g/mol. The molecule has 2 atom stereocenters. The molecule has 1 aliphatic rings. The van der Waals surface area contributed by atoms with Crippen LogP contribution in [-0.4, -0.2) is 41.6 Å². The standard InChI is InChI=1S/C16H23NO3S/c1-12-3-5-14(6-4-12)21-10-7-15(18)17-11-16(19)8-9-20-13(16)2/h3-6,13,19H,7-11H2,1-2H3,(H,17,18). The highest BCUT2D eigenvalue weighted by molar-refractivity contribution is 7.99. The van der Waals surface area contributed by atoms with E-state index in [1.54, 1.807) is 11.8 Å². The Morgan fingerprint density at radius 2 is 2.19 bits per heavy atom. The first-order valence-corrected chi connectivity index (χ1v) is 8.28. The molecule has 1 heterocycles. The number of rotatable bonds is 6. The van der Waals surface area contributed by atoms with Crippen LogP contribution in [0, 0.1) is 6.92 Å². The van der Waals surface area contributed by atoms with Crippen molar-refractivity contribution in [2.24, 2.45) is 0 Å². The van der Waals surface area contributed by atoms with Crippen LogP contribution in [0.15, 0.2) is 29.2 Å². The molecule has 2 unspecified atom stereocenters. The van der Waals surface area contributed by atoms with Gasteiger partial charge in [-0.25, -0.2) is 0 Å². The lowest BCUT2D eigenvalue weighted by molar-refractivity contribution is -0.122. The second-order valence-electron chi connectivity index (χ2n) is 5.55. The number of aryl methyl sites for hydroxylation is 1. The minimum atomic E-state index is -0.917. The van der Waals surface area contributed by atoms with E-state index in [4.69, 9.17) is 4.74 Å². The fourth-order valence-electron chi connectivity index (χ4n) is 2.24. The maximum atomic E-state index is 11.8. The molecule has 1 aliphatic heterocycles. The van der Waals surface area contributed by atoms with Crippen LogP contribution in [0.5, 0.6) is 0 Å². The van der Waals surface area contributed by atoms with E-state index in [1.165, 1.54) is 10.5 Å². The molecule has 0 aliphatic carbocycles. The molecule has 0 radical (unpaired) electrons. The van der Waals surface area contributed by atoms with Crippen LogP contribution in [0.3, 0.4) is 0 Å². The van der Waals surface area contributed by atoms with Crippen LogP contribution in [0.25, 0.3) is 0 Å². The van der Waals surface area contributed by atoms with Gasteiger partial charge in [0.2, 0.25) is 5.91 Å². The van der Waals surface area contributed by atoms with E-state index in [1.807, 2.05) is 6.92 Å². The molecule has 2 N–H and O–H groups in total. The topological polar surface area (TPSA) is 58.6 Å². The van der Waals surface area contributed by atoms with Gasteiger partial charge in [0.15, 0.2) is 0 Å².